The third-order valence-electron chi connectivity index (χ3n) is 3.77. The van der Waals surface area contributed by atoms with Gasteiger partial charge >= 0.3 is 5.97 Å². The summed E-state index contributed by atoms with van der Waals surface area (Å²) in [4.78, 5) is 26.8. The van der Waals surface area contributed by atoms with Crippen molar-refractivity contribution in [3.8, 4) is 0 Å². The maximum Gasteiger partial charge on any atom is 0.304 e. The number of carboxylic acids is 1. The lowest BCUT2D eigenvalue weighted by atomic mass is 10.2. The van der Waals surface area contributed by atoms with E-state index >= 15 is 0 Å². The van der Waals surface area contributed by atoms with Gasteiger partial charge in [0.15, 0.2) is 0 Å². The Hall–Kier alpha value is -1.89. The lowest BCUT2D eigenvalue weighted by Crippen LogP contribution is -2.49. The van der Waals surface area contributed by atoms with Gasteiger partial charge in [-0.15, -0.1) is 0 Å². The number of rotatable bonds is 4. The van der Waals surface area contributed by atoms with Gasteiger partial charge in [0, 0.05) is 45.5 Å². The van der Waals surface area contributed by atoms with E-state index in [9.17, 15) is 9.59 Å². The number of nitrogens with zero attached hydrogens (tertiary/aromatic N) is 4. The van der Waals surface area contributed by atoms with Crippen molar-refractivity contribution in [2.75, 3.05) is 32.7 Å². The molecular weight excluding hydrogens is 260 g/mol. The standard InChI is InChI=1S/C13H20N4O3/c1-10-11(9-14-15(10)2)13(20)17-7-5-16(6-8-17)4-3-12(18)19/h9H,3-8H2,1-2H3,(H,18,19). The summed E-state index contributed by atoms with van der Waals surface area (Å²) in [5.41, 5.74) is 1.51. The molecule has 0 bridgehead atoms. The molecule has 0 unspecified atom stereocenters. The third-order valence-corrected chi connectivity index (χ3v) is 3.77. The van der Waals surface area contributed by atoms with Gasteiger partial charge in [-0.1, -0.05) is 0 Å². The van der Waals surface area contributed by atoms with Gasteiger partial charge in [0.25, 0.3) is 5.91 Å². The first-order valence-electron chi connectivity index (χ1n) is 6.71. The molecule has 7 heteroatoms. The van der Waals surface area contributed by atoms with Crippen molar-refractivity contribution < 1.29 is 14.7 Å². The van der Waals surface area contributed by atoms with Crippen molar-refractivity contribution in [2.24, 2.45) is 7.05 Å². The molecule has 1 aliphatic rings. The molecule has 1 fully saturated rings. The Bertz CT molecular complexity index is 504. The molecule has 2 heterocycles. The smallest absolute Gasteiger partial charge is 0.304 e. The van der Waals surface area contributed by atoms with Crippen LogP contribution in [0.3, 0.4) is 0 Å². The molecule has 1 aromatic rings. The van der Waals surface area contributed by atoms with E-state index in [1.54, 1.807) is 15.8 Å². The maximum absolute atomic E-state index is 12.4. The number of hydrogen-bond acceptors (Lipinski definition) is 4. The zero-order valence-corrected chi connectivity index (χ0v) is 11.9. The van der Waals surface area contributed by atoms with Crippen molar-refractivity contribution >= 4 is 11.9 Å². The van der Waals surface area contributed by atoms with Crippen LogP contribution in [0, 0.1) is 6.92 Å². The van der Waals surface area contributed by atoms with Gasteiger partial charge in [-0.25, -0.2) is 0 Å². The SMILES string of the molecule is Cc1c(C(=O)N2CCN(CCC(=O)O)CC2)cnn1C. The number of aliphatic carboxylic acids is 1. The molecule has 0 spiro atoms. The number of aromatic nitrogens is 2. The van der Waals surface area contributed by atoms with Gasteiger partial charge in [0.1, 0.15) is 0 Å². The van der Waals surface area contributed by atoms with Crippen LogP contribution < -0.4 is 0 Å². The van der Waals surface area contributed by atoms with E-state index < -0.39 is 5.97 Å². The first-order chi connectivity index (χ1) is 9.49. The summed E-state index contributed by atoms with van der Waals surface area (Å²) in [7, 11) is 1.82. The average molecular weight is 280 g/mol. The van der Waals surface area contributed by atoms with Crippen LogP contribution in [0.5, 0.6) is 0 Å². The van der Waals surface area contributed by atoms with E-state index in [1.165, 1.54) is 0 Å². The normalized spacial score (nSPS) is 16.4. The van der Waals surface area contributed by atoms with Crippen LogP contribution in [0.2, 0.25) is 0 Å². The molecule has 0 saturated carbocycles. The molecule has 1 aromatic heterocycles. The highest BCUT2D eigenvalue weighted by Gasteiger charge is 2.24. The molecule has 20 heavy (non-hydrogen) atoms. The minimum atomic E-state index is -0.783. The molecule has 0 aliphatic carbocycles. The maximum atomic E-state index is 12.4. The van der Waals surface area contributed by atoms with Crippen LogP contribution in [0.4, 0.5) is 0 Å². The topological polar surface area (TPSA) is 78.7 Å². The molecule has 7 nitrogen and oxygen atoms in total. The van der Waals surface area contributed by atoms with Crippen molar-refractivity contribution in [1.82, 2.24) is 19.6 Å². The van der Waals surface area contributed by atoms with Crippen molar-refractivity contribution in [3.05, 3.63) is 17.5 Å². The van der Waals surface area contributed by atoms with E-state index in [0.29, 0.717) is 25.2 Å². The largest absolute Gasteiger partial charge is 0.481 e. The van der Waals surface area contributed by atoms with E-state index in [-0.39, 0.29) is 12.3 Å². The molecule has 0 radical (unpaired) electrons. The molecule has 0 atom stereocenters. The van der Waals surface area contributed by atoms with Gasteiger partial charge in [-0.2, -0.15) is 5.10 Å². The summed E-state index contributed by atoms with van der Waals surface area (Å²) >= 11 is 0. The van der Waals surface area contributed by atoms with Gasteiger partial charge in [0.2, 0.25) is 0 Å². The predicted molar refractivity (Wildman–Crippen MR) is 72.5 cm³/mol. The molecule has 1 aliphatic heterocycles. The van der Waals surface area contributed by atoms with E-state index in [0.717, 1.165) is 18.8 Å². The quantitative estimate of drug-likeness (QED) is 0.837. The second kappa shape index (κ2) is 6.04. The Morgan fingerprint density at radius 1 is 1.30 bits per heavy atom. The first-order valence-corrected chi connectivity index (χ1v) is 6.71. The third kappa shape index (κ3) is 3.16. The molecule has 2 rings (SSSR count). The van der Waals surface area contributed by atoms with Crippen molar-refractivity contribution in [3.63, 3.8) is 0 Å². The fourth-order valence-electron chi connectivity index (χ4n) is 2.31. The number of carbonyl (C=O) groups is 2. The molecule has 1 amide bonds. The molecule has 110 valence electrons. The minimum Gasteiger partial charge on any atom is -0.481 e. The van der Waals surface area contributed by atoms with Crippen LogP contribution in [-0.4, -0.2) is 69.3 Å². The second-order valence-corrected chi connectivity index (χ2v) is 5.04. The van der Waals surface area contributed by atoms with E-state index in [4.69, 9.17) is 5.11 Å². The Labute approximate surface area is 117 Å². The van der Waals surface area contributed by atoms with Gasteiger partial charge < -0.3 is 10.0 Å². The number of piperazine rings is 1. The number of hydrogen-bond donors (Lipinski definition) is 1. The summed E-state index contributed by atoms with van der Waals surface area (Å²) < 4.78 is 1.69. The Kier molecular flexibility index (Phi) is 4.39. The monoisotopic (exact) mass is 280 g/mol. The first kappa shape index (κ1) is 14.5. The number of aryl methyl sites for hydroxylation is 1. The lowest BCUT2D eigenvalue weighted by molar-refractivity contribution is -0.137. The summed E-state index contributed by atoms with van der Waals surface area (Å²) in [6.45, 7) is 5.13. The van der Waals surface area contributed by atoms with Crippen LogP contribution in [0.1, 0.15) is 22.5 Å². The predicted octanol–water partition coefficient (Wildman–Crippen LogP) is -0.0390. The molecule has 1 saturated heterocycles. The van der Waals surface area contributed by atoms with E-state index in [1.807, 2.05) is 14.0 Å². The number of carbonyl (C=O) groups excluding carboxylic acids is 1. The van der Waals surface area contributed by atoms with Crippen LogP contribution in [0.15, 0.2) is 6.20 Å². The number of carboxylic acid groups (broad SMARTS) is 1. The Morgan fingerprint density at radius 3 is 2.45 bits per heavy atom. The van der Waals surface area contributed by atoms with Crippen molar-refractivity contribution in [2.45, 2.75) is 13.3 Å². The fourth-order valence-corrected chi connectivity index (χ4v) is 2.31. The van der Waals surface area contributed by atoms with E-state index in [2.05, 4.69) is 10.00 Å². The zero-order valence-electron chi connectivity index (χ0n) is 11.9. The van der Waals surface area contributed by atoms with Gasteiger partial charge in [0.05, 0.1) is 18.2 Å². The fraction of sp³-hybridized carbons (Fsp3) is 0.615. The highest BCUT2D eigenvalue weighted by atomic mass is 16.4. The highest BCUT2D eigenvalue weighted by Crippen LogP contribution is 2.12. The molecular formula is C13H20N4O3. The van der Waals surface area contributed by atoms with Crippen molar-refractivity contribution in [1.29, 1.82) is 0 Å². The van der Waals surface area contributed by atoms with Gasteiger partial charge in [-0.05, 0) is 6.92 Å². The summed E-state index contributed by atoms with van der Waals surface area (Å²) in [5.74, 6) is -0.775. The zero-order chi connectivity index (χ0) is 14.7. The summed E-state index contributed by atoms with van der Waals surface area (Å²) in [6, 6.07) is 0. The second-order valence-electron chi connectivity index (χ2n) is 5.04. The van der Waals surface area contributed by atoms with Crippen LogP contribution in [0.25, 0.3) is 0 Å². The van der Waals surface area contributed by atoms with Crippen LogP contribution >= 0.6 is 0 Å². The molecule has 0 aromatic carbocycles. The molecule has 1 N–H and O–H groups in total. The highest BCUT2D eigenvalue weighted by molar-refractivity contribution is 5.95. The lowest BCUT2D eigenvalue weighted by Gasteiger charge is -2.34. The summed E-state index contributed by atoms with van der Waals surface area (Å²) in [6.07, 6.45) is 1.75. The minimum absolute atomic E-state index is 0.00786. The Morgan fingerprint density at radius 2 is 1.95 bits per heavy atom. The summed E-state index contributed by atoms with van der Waals surface area (Å²) in [5, 5.41) is 12.8. The Balaban J connectivity index is 1.89. The van der Waals surface area contributed by atoms with Crippen LogP contribution in [-0.2, 0) is 11.8 Å². The van der Waals surface area contributed by atoms with Gasteiger partial charge in [-0.3, -0.25) is 19.2 Å². The average Bonchev–Trinajstić information content (AvgIpc) is 2.76. The number of amides is 1.